The normalized spacial score (nSPS) is 21.6. The van der Waals surface area contributed by atoms with Gasteiger partial charge in [-0.15, -0.1) is 0 Å². The van der Waals surface area contributed by atoms with E-state index in [1.807, 2.05) is 0 Å². The molecule has 0 radical (unpaired) electrons. The summed E-state index contributed by atoms with van der Waals surface area (Å²) in [5.41, 5.74) is 1.38. The summed E-state index contributed by atoms with van der Waals surface area (Å²) in [6, 6.07) is 9.01. The maximum absolute atomic E-state index is 5.50. The van der Waals surface area contributed by atoms with Crippen LogP contribution < -0.4 is 5.32 Å². The number of hydrogen-bond donors (Lipinski definition) is 1. The molecule has 1 aliphatic heterocycles. The molecule has 1 aromatic carbocycles. The van der Waals surface area contributed by atoms with Crippen LogP contribution in [0.25, 0.3) is 0 Å². The van der Waals surface area contributed by atoms with E-state index in [-0.39, 0.29) is 0 Å². The lowest BCUT2D eigenvalue weighted by Gasteiger charge is -2.23. The van der Waals surface area contributed by atoms with Crippen molar-refractivity contribution in [3.8, 4) is 0 Å². The van der Waals surface area contributed by atoms with Crippen molar-refractivity contribution in [3.63, 3.8) is 0 Å². The van der Waals surface area contributed by atoms with Gasteiger partial charge in [-0.2, -0.15) is 0 Å². The predicted molar refractivity (Wildman–Crippen MR) is 74.2 cm³/mol. The van der Waals surface area contributed by atoms with E-state index in [0.29, 0.717) is 12.0 Å². The van der Waals surface area contributed by atoms with Crippen molar-refractivity contribution >= 4 is 15.9 Å². The van der Waals surface area contributed by atoms with Gasteiger partial charge in [0.2, 0.25) is 0 Å². The van der Waals surface area contributed by atoms with Crippen LogP contribution in [-0.2, 0) is 11.2 Å². The minimum atomic E-state index is 0.529. The fraction of sp³-hybridized carbons (Fsp3) is 0.571. The third kappa shape index (κ3) is 3.54. The zero-order valence-corrected chi connectivity index (χ0v) is 11.9. The predicted octanol–water partition coefficient (Wildman–Crippen LogP) is 3.01. The molecule has 2 unspecified atom stereocenters. The first kappa shape index (κ1) is 13.1. The number of hydrogen-bond acceptors (Lipinski definition) is 2. The first-order valence-corrected chi connectivity index (χ1v) is 7.15. The molecule has 1 saturated heterocycles. The Balaban J connectivity index is 2.04. The molecule has 3 heteroatoms. The molecule has 94 valence electrons. The van der Waals surface area contributed by atoms with Crippen molar-refractivity contribution in [2.75, 3.05) is 19.8 Å². The molecule has 2 rings (SSSR count). The Morgan fingerprint density at radius 3 is 2.94 bits per heavy atom. The molecule has 0 amide bonds. The zero-order valence-electron chi connectivity index (χ0n) is 10.3. The van der Waals surface area contributed by atoms with Crippen LogP contribution >= 0.6 is 15.9 Å². The minimum Gasteiger partial charge on any atom is -0.381 e. The fourth-order valence-corrected chi connectivity index (χ4v) is 2.89. The molecule has 0 saturated carbocycles. The maximum Gasteiger partial charge on any atom is 0.0510 e. The van der Waals surface area contributed by atoms with Crippen molar-refractivity contribution in [2.45, 2.75) is 25.8 Å². The highest BCUT2D eigenvalue weighted by Gasteiger charge is 2.25. The summed E-state index contributed by atoms with van der Waals surface area (Å²) in [6.07, 6.45) is 2.26. The molecule has 0 aromatic heterocycles. The molecule has 0 bridgehead atoms. The SMILES string of the molecule is CCNC(Cc1ccccc1Br)C1CCOC1. The van der Waals surface area contributed by atoms with Crippen LogP contribution in [0.4, 0.5) is 0 Å². The summed E-state index contributed by atoms with van der Waals surface area (Å²) in [5.74, 6) is 0.655. The van der Waals surface area contributed by atoms with Gasteiger partial charge < -0.3 is 10.1 Å². The lowest BCUT2D eigenvalue weighted by molar-refractivity contribution is 0.176. The van der Waals surface area contributed by atoms with Crippen LogP contribution in [0.5, 0.6) is 0 Å². The number of nitrogens with one attached hydrogen (secondary N) is 1. The van der Waals surface area contributed by atoms with E-state index in [2.05, 4.69) is 52.4 Å². The van der Waals surface area contributed by atoms with Gasteiger partial charge in [-0.1, -0.05) is 41.1 Å². The van der Waals surface area contributed by atoms with Gasteiger partial charge in [-0.05, 0) is 31.0 Å². The molecule has 2 atom stereocenters. The van der Waals surface area contributed by atoms with E-state index in [9.17, 15) is 0 Å². The number of ether oxygens (including phenoxy) is 1. The second-order valence-electron chi connectivity index (χ2n) is 4.58. The average Bonchev–Trinajstić information content (AvgIpc) is 2.85. The van der Waals surface area contributed by atoms with Gasteiger partial charge in [0.25, 0.3) is 0 Å². The Morgan fingerprint density at radius 2 is 2.29 bits per heavy atom. The van der Waals surface area contributed by atoms with Crippen molar-refractivity contribution < 1.29 is 4.74 Å². The molecule has 1 aliphatic rings. The monoisotopic (exact) mass is 297 g/mol. The molecule has 1 fully saturated rings. The summed E-state index contributed by atoms with van der Waals surface area (Å²) in [7, 11) is 0. The zero-order chi connectivity index (χ0) is 12.1. The molecule has 1 heterocycles. The van der Waals surface area contributed by atoms with Crippen LogP contribution in [-0.4, -0.2) is 25.8 Å². The summed E-state index contributed by atoms with van der Waals surface area (Å²) >= 11 is 3.63. The standard InChI is InChI=1S/C14H20BrNO/c1-2-16-14(12-7-8-17-10-12)9-11-5-3-4-6-13(11)15/h3-6,12,14,16H,2,7-10H2,1H3. The Hall–Kier alpha value is -0.380. The Morgan fingerprint density at radius 1 is 1.47 bits per heavy atom. The number of benzene rings is 1. The van der Waals surface area contributed by atoms with E-state index in [1.165, 1.54) is 16.5 Å². The van der Waals surface area contributed by atoms with Crippen LogP contribution in [0.2, 0.25) is 0 Å². The lowest BCUT2D eigenvalue weighted by Crippen LogP contribution is -2.38. The summed E-state index contributed by atoms with van der Waals surface area (Å²) < 4.78 is 6.71. The Bertz CT molecular complexity index is 350. The second kappa shape index (κ2) is 6.53. The average molecular weight is 298 g/mol. The van der Waals surface area contributed by atoms with Crippen LogP contribution in [0.15, 0.2) is 28.7 Å². The first-order chi connectivity index (χ1) is 8.31. The summed E-state index contributed by atoms with van der Waals surface area (Å²) in [4.78, 5) is 0. The lowest BCUT2D eigenvalue weighted by atomic mass is 9.93. The van der Waals surface area contributed by atoms with Crippen molar-refractivity contribution in [1.29, 1.82) is 0 Å². The van der Waals surface area contributed by atoms with E-state index in [4.69, 9.17) is 4.74 Å². The number of rotatable bonds is 5. The Kier molecular flexibility index (Phi) is 5.01. The second-order valence-corrected chi connectivity index (χ2v) is 5.44. The van der Waals surface area contributed by atoms with Crippen molar-refractivity contribution in [1.82, 2.24) is 5.32 Å². The van der Waals surface area contributed by atoms with Crippen LogP contribution in [0.3, 0.4) is 0 Å². The molecular weight excluding hydrogens is 278 g/mol. The van der Waals surface area contributed by atoms with Gasteiger partial charge >= 0.3 is 0 Å². The fourth-order valence-electron chi connectivity index (χ4n) is 2.44. The number of likely N-dealkylation sites (N-methyl/N-ethyl adjacent to an activating group) is 1. The molecule has 0 aliphatic carbocycles. The minimum absolute atomic E-state index is 0.529. The van der Waals surface area contributed by atoms with E-state index < -0.39 is 0 Å². The third-order valence-corrected chi connectivity index (χ3v) is 4.17. The quantitative estimate of drug-likeness (QED) is 0.902. The molecule has 1 aromatic rings. The Labute approximate surface area is 112 Å². The van der Waals surface area contributed by atoms with Gasteiger partial charge in [0.15, 0.2) is 0 Å². The van der Waals surface area contributed by atoms with E-state index in [0.717, 1.165) is 26.2 Å². The highest BCUT2D eigenvalue weighted by atomic mass is 79.9. The highest BCUT2D eigenvalue weighted by molar-refractivity contribution is 9.10. The summed E-state index contributed by atoms with van der Waals surface area (Å²) in [5, 5.41) is 3.60. The molecule has 0 spiro atoms. The van der Waals surface area contributed by atoms with Gasteiger partial charge in [-0.3, -0.25) is 0 Å². The maximum atomic E-state index is 5.50. The van der Waals surface area contributed by atoms with Gasteiger partial charge in [0.1, 0.15) is 0 Å². The first-order valence-electron chi connectivity index (χ1n) is 6.35. The molecule has 1 N–H and O–H groups in total. The largest absolute Gasteiger partial charge is 0.381 e. The van der Waals surface area contributed by atoms with Crippen molar-refractivity contribution in [3.05, 3.63) is 34.3 Å². The third-order valence-electron chi connectivity index (χ3n) is 3.40. The highest BCUT2D eigenvalue weighted by Crippen LogP contribution is 2.23. The van der Waals surface area contributed by atoms with Gasteiger partial charge in [-0.25, -0.2) is 0 Å². The molecule has 2 nitrogen and oxygen atoms in total. The van der Waals surface area contributed by atoms with Crippen LogP contribution in [0, 0.1) is 5.92 Å². The summed E-state index contributed by atoms with van der Waals surface area (Å²) in [6.45, 7) is 5.01. The smallest absolute Gasteiger partial charge is 0.0510 e. The molecule has 17 heavy (non-hydrogen) atoms. The van der Waals surface area contributed by atoms with Crippen LogP contribution in [0.1, 0.15) is 18.9 Å². The number of halogens is 1. The van der Waals surface area contributed by atoms with Gasteiger partial charge in [0, 0.05) is 23.0 Å². The van der Waals surface area contributed by atoms with E-state index >= 15 is 0 Å². The van der Waals surface area contributed by atoms with E-state index in [1.54, 1.807) is 0 Å². The van der Waals surface area contributed by atoms with Gasteiger partial charge in [0.05, 0.1) is 6.61 Å². The topological polar surface area (TPSA) is 21.3 Å². The van der Waals surface area contributed by atoms with Crippen molar-refractivity contribution in [2.24, 2.45) is 5.92 Å². The molecular formula is C14H20BrNO.